The second-order valence-corrected chi connectivity index (χ2v) is 7.10. The third kappa shape index (κ3) is 4.92. The number of hydrogen-bond donors (Lipinski definition) is 2. The molecule has 1 heterocycles. The lowest BCUT2D eigenvalue weighted by atomic mass is 10.2. The molecule has 1 aromatic carbocycles. The highest BCUT2D eigenvalue weighted by Crippen LogP contribution is 2.30. The molecule has 0 spiro atoms. The lowest BCUT2D eigenvalue weighted by molar-refractivity contribution is -0.137. The van der Waals surface area contributed by atoms with Gasteiger partial charge in [-0.15, -0.1) is 0 Å². The molecule has 1 aliphatic heterocycles. The molecular formula is C14H18F3N3O3S. The summed E-state index contributed by atoms with van der Waals surface area (Å²) in [5, 5.41) is 3.11. The van der Waals surface area contributed by atoms with E-state index in [1.165, 1.54) is 4.90 Å². The Morgan fingerprint density at radius 1 is 1.25 bits per heavy atom. The maximum atomic E-state index is 12.7. The summed E-state index contributed by atoms with van der Waals surface area (Å²) in [6.45, 7) is 1.88. The molecule has 2 rings (SSSR count). The Morgan fingerprint density at radius 2 is 2.00 bits per heavy atom. The van der Waals surface area contributed by atoms with Gasteiger partial charge in [0.25, 0.3) is 0 Å². The van der Waals surface area contributed by atoms with Gasteiger partial charge in [-0.2, -0.15) is 13.2 Å². The molecule has 1 aromatic rings. The van der Waals surface area contributed by atoms with E-state index in [9.17, 15) is 26.4 Å². The van der Waals surface area contributed by atoms with Crippen LogP contribution in [-0.2, 0) is 21.0 Å². The van der Waals surface area contributed by atoms with Crippen LogP contribution in [0.5, 0.6) is 0 Å². The van der Waals surface area contributed by atoms with Crippen LogP contribution >= 0.6 is 0 Å². The van der Waals surface area contributed by atoms with Gasteiger partial charge in [-0.1, -0.05) is 6.07 Å². The summed E-state index contributed by atoms with van der Waals surface area (Å²) in [5.74, 6) is -0.408. The largest absolute Gasteiger partial charge is 0.416 e. The fourth-order valence-corrected chi connectivity index (χ4v) is 3.31. The SMILES string of the molecule is O=C(CNS(=O)(=O)c1cccc(C(F)(F)F)c1)N1CCCNCC1. The highest BCUT2D eigenvalue weighted by Gasteiger charge is 2.31. The monoisotopic (exact) mass is 365 g/mol. The fourth-order valence-electron chi connectivity index (χ4n) is 2.29. The molecule has 134 valence electrons. The first-order valence-corrected chi connectivity index (χ1v) is 8.84. The Morgan fingerprint density at radius 3 is 2.71 bits per heavy atom. The Bertz CT molecular complexity index is 684. The van der Waals surface area contributed by atoms with Crippen LogP contribution in [0.4, 0.5) is 13.2 Å². The van der Waals surface area contributed by atoms with Gasteiger partial charge in [0.2, 0.25) is 15.9 Å². The summed E-state index contributed by atoms with van der Waals surface area (Å²) in [5.41, 5.74) is -1.06. The molecule has 10 heteroatoms. The molecule has 0 atom stereocenters. The van der Waals surface area contributed by atoms with Crippen molar-refractivity contribution < 1.29 is 26.4 Å². The summed E-state index contributed by atoms with van der Waals surface area (Å²) >= 11 is 0. The molecule has 0 bridgehead atoms. The van der Waals surface area contributed by atoms with Gasteiger partial charge >= 0.3 is 6.18 Å². The Labute approximate surface area is 138 Å². The van der Waals surface area contributed by atoms with Gasteiger partial charge in [-0.25, -0.2) is 13.1 Å². The normalized spacial score (nSPS) is 16.7. The molecule has 0 aliphatic carbocycles. The Balaban J connectivity index is 2.04. The van der Waals surface area contributed by atoms with Crippen LogP contribution in [0.15, 0.2) is 29.2 Å². The van der Waals surface area contributed by atoms with E-state index in [1.54, 1.807) is 0 Å². The van der Waals surface area contributed by atoms with Crippen LogP contribution in [0.1, 0.15) is 12.0 Å². The highest BCUT2D eigenvalue weighted by atomic mass is 32.2. The number of alkyl halides is 3. The number of nitrogens with zero attached hydrogens (tertiary/aromatic N) is 1. The lowest BCUT2D eigenvalue weighted by Gasteiger charge is -2.20. The summed E-state index contributed by atoms with van der Waals surface area (Å²) < 4.78 is 64.3. The summed E-state index contributed by atoms with van der Waals surface area (Å²) in [4.78, 5) is 13.0. The zero-order valence-electron chi connectivity index (χ0n) is 12.8. The molecule has 24 heavy (non-hydrogen) atoms. The van der Waals surface area contributed by atoms with E-state index < -0.39 is 39.1 Å². The van der Waals surface area contributed by atoms with E-state index in [2.05, 4.69) is 10.0 Å². The molecule has 2 N–H and O–H groups in total. The Kier molecular flexibility index (Phi) is 5.83. The standard InChI is InChI=1S/C14H18F3N3O3S/c15-14(16,17)11-3-1-4-12(9-11)24(22,23)19-10-13(21)20-7-2-5-18-6-8-20/h1,3-4,9,18-19H,2,5-8,10H2. The van der Waals surface area contributed by atoms with E-state index in [0.717, 1.165) is 31.2 Å². The van der Waals surface area contributed by atoms with Crippen molar-refractivity contribution in [2.45, 2.75) is 17.5 Å². The zero-order valence-corrected chi connectivity index (χ0v) is 13.6. The molecule has 0 unspecified atom stereocenters. The van der Waals surface area contributed by atoms with Gasteiger partial charge in [-0.3, -0.25) is 4.79 Å². The first-order chi connectivity index (χ1) is 11.2. The van der Waals surface area contributed by atoms with Crippen molar-refractivity contribution in [3.8, 4) is 0 Å². The van der Waals surface area contributed by atoms with Crippen LogP contribution in [0.2, 0.25) is 0 Å². The number of hydrogen-bond acceptors (Lipinski definition) is 4. The average Bonchev–Trinajstić information content (AvgIpc) is 2.81. The van der Waals surface area contributed by atoms with Gasteiger partial charge in [-0.05, 0) is 31.2 Å². The second kappa shape index (κ2) is 7.49. The van der Waals surface area contributed by atoms with E-state index in [0.29, 0.717) is 25.7 Å². The number of carbonyl (C=O) groups is 1. The third-order valence-corrected chi connectivity index (χ3v) is 4.98. The molecular weight excluding hydrogens is 347 g/mol. The molecule has 6 nitrogen and oxygen atoms in total. The van der Waals surface area contributed by atoms with Crippen LogP contribution in [0.3, 0.4) is 0 Å². The Hall–Kier alpha value is -1.65. The topological polar surface area (TPSA) is 78.5 Å². The maximum Gasteiger partial charge on any atom is 0.416 e. The van der Waals surface area contributed by atoms with Crippen molar-refractivity contribution >= 4 is 15.9 Å². The minimum absolute atomic E-state index is 0.408. The summed E-state index contributed by atoms with van der Waals surface area (Å²) in [6.07, 6.45) is -3.88. The quantitative estimate of drug-likeness (QED) is 0.828. The number of benzene rings is 1. The minimum atomic E-state index is -4.64. The molecule has 0 radical (unpaired) electrons. The smallest absolute Gasteiger partial charge is 0.340 e. The second-order valence-electron chi connectivity index (χ2n) is 5.33. The van der Waals surface area contributed by atoms with Crippen molar-refractivity contribution in [1.82, 2.24) is 14.9 Å². The number of sulfonamides is 1. The molecule has 0 aromatic heterocycles. The number of amides is 1. The van der Waals surface area contributed by atoms with Crippen LogP contribution in [0, 0.1) is 0 Å². The summed E-state index contributed by atoms with van der Waals surface area (Å²) in [7, 11) is -4.20. The predicted octanol–water partition coefficient (Wildman–Crippen LogP) is 0.806. The van der Waals surface area contributed by atoms with E-state index in [4.69, 9.17) is 0 Å². The third-order valence-electron chi connectivity index (χ3n) is 3.58. The van der Waals surface area contributed by atoms with Crippen molar-refractivity contribution in [2.24, 2.45) is 0 Å². The lowest BCUT2D eigenvalue weighted by Crippen LogP contribution is -2.41. The first kappa shape index (κ1) is 18.7. The molecule has 1 aliphatic rings. The number of carbonyl (C=O) groups excluding carboxylic acids is 1. The van der Waals surface area contributed by atoms with Gasteiger partial charge in [0.05, 0.1) is 17.0 Å². The first-order valence-electron chi connectivity index (χ1n) is 7.35. The zero-order chi connectivity index (χ0) is 17.8. The van der Waals surface area contributed by atoms with Gasteiger partial charge < -0.3 is 10.2 Å². The molecule has 1 amide bonds. The maximum absolute atomic E-state index is 12.7. The number of halogens is 3. The fraction of sp³-hybridized carbons (Fsp3) is 0.500. The van der Waals surface area contributed by atoms with Crippen LogP contribution < -0.4 is 10.0 Å². The minimum Gasteiger partial charge on any atom is -0.340 e. The van der Waals surface area contributed by atoms with Gasteiger partial charge in [0.1, 0.15) is 0 Å². The molecule has 1 fully saturated rings. The van der Waals surface area contributed by atoms with Gasteiger partial charge in [0.15, 0.2) is 0 Å². The van der Waals surface area contributed by atoms with Crippen LogP contribution in [-0.4, -0.2) is 51.9 Å². The number of nitrogens with one attached hydrogen (secondary N) is 2. The van der Waals surface area contributed by atoms with E-state index in [1.807, 2.05) is 0 Å². The number of rotatable bonds is 4. The molecule has 0 saturated carbocycles. The van der Waals surface area contributed by atoms with Crippen LogP contribution in [0.25, 0.3) is 0 Å². The van der Waals surface area contributed by atoms with Gasteiger partial charge in [0, 0.05) is 19.6 Å². The van der Waals surface area contributed by atoms with Crippen molar-refractivity contribution in [3.63, 3.8) is 0 Å². The predicted molar refractivity (Wildman–Crippen MR) is 80.7 cm³/mol. The highest BCUT2D eigenvalue weighted by molar-refractivity contribution is 7.89. The van der Waals surface area contributed by atoms with Crippen molar-refractivity contribution in [1.29, 1.82) is 0 Å². The summed E-state index contributed by atoms with van der Waals surface area (Å²) in [6, 6.07) is 3.40. The van der Waals surface area contributed by atoms with Crippen molar-refractivity contribution in [2.75, 3.05) is 32.7 Å². The van der Waals surface area contributed by atoms with Crippen molar-refractivity contribution in [3.05, 3.63) is 29.8 Å². The van der Waals surface area contributed by atoms with E-state index >= 15 is 0 Å². The average molecular weight is 365 g/mol. The van der Waals surface area contributed by atoms with E-state index in [-0.39, 0.29) is 0 Å². The molecule has 1 saturated heterocycles.